The first-order valence-electron chi connectivity index (χ1n) is 18.5. The molecule has 0 aliphatic carbocycles. The summed E-state index contributed by atoms with van der Waals surface area (Å²) >= 11 is 1.63. The van der Waals surface area contributed by atoms with Gasteiger partial charge >= 0.3 is 0 Å². The van der Waals surface area contributed by atoms with Gasteiger partial charge in [0.2, 0.25) is 0 Å². The van der Waals surface area contributed by atoms with Crippen molar-refractivity contribution in [3.05, 3.63) is 194 Å². The second-order valence-corrected chi connectivity index (χ2v) is 14.9. The summed E-state index contributed by atoms with van der Waals surface area (Å²) in [4.78, 5) is 0. The van der Waals surface area contributed by atoms with E-state index in [2.05, 4.69) is 203 Å². The van der Waals surface area contributed by atoms with Crippen molar-refractivity contribution in [3.8, 4) is 54.8 Å². The Bertz CT molecular complexity index is 2990. The van der Waals surface area contributed by atoms with Crippen LogP contribution in [0, 0.1) is 0 Å². The molecule has 0 saturated heterocycles. The molecule has 0 bridgehead atoms. The third-order valence-corrected chi connectivity index (χ3v) is 11.7. The molecule has 0 unspecified atom stereocenters. The van der Waals surface area contributed by atoms with Crippen LogP contribution in [0.2, 0.25) is 0 Å². The lowest BCUT2D eigenvalue weighted by Gasteiger charge is -2.11. The number of fused-ring (bicyclic) bond motifs is 6. The highest BCUT2D eigenvalue weighted by atomic mass is 32.1. The first-order valence-corrected chi connectivity index (χ1v) is 19.3. The van der Waals surface area contributed by atoms with E-state index in [9.17, 15) is 0 Å². The van der Waals surface area contributed by atoms with Crippen molar-refractivity contribution in [2.24, 2.45) is 0 Å². The Morgan fingerprint density at radius 1 is 0.291 bits per heavy atom. The summed E-state index contributed by atoms with van der Waals surface area (Å²) in [6.07, 6.45) is 0. The predicted molar refractivity (Wildman–Crippen MR) is 230 cm³/mol. The maximum Gasteiger partial charge on any atom is 0.148 e. The van der Waals surface area contributed by atoms with E-state index in [1.165, 1.54) is 54.8 Å². The number of hydrogen-bond donors (Lipinski definition) is 0. The Morgan fingerprint density at radius 2 is 0.691 bits per heavy atom. The van der Waals surface area contributed by atoms with E-state index in [1.807, 2.05) is 0 Å². The topological polar surface area (TPSA) is 35.6 Å². The minimum absolute atomic E-state index is 0.892. The SMILES string of the molecule is c1ccc(-c2cccc(-n3c4ccccc4c4ccc(-c5nnc(-c6ccc7c8ccccc8n(-c8cccc(-c9ccccc9)c8)c7c6)s5)cc43)c2)cc1. The van der Waals surface area contributed by atoms with Crippen molar-refractivity contribution in [2.45, 2.75) is 0 Å². The van der Waals surface area contributed by atoms with Crippen molar-refractivity contribution in [2.75, 3.05) is 0 Å². The summed E-state index contributed by atoms with van der Waals surface area (Å²) < 4.78 is 4.75. The molecule has 0 amide bonds. The maximum atomic E-state index is 4.78. The molecule has 4 nitrogen and oxygen atoms in total. The molecule has 0 saturated carbocycles. The Hall–Kier alpha value is -7.08. The van der Waals surface area contributed by atoms with Crippen LogP contribution in [-0.2, 0) is 0 Å². The van der Waals surface area contributed by atoms with Gasteiger partial charge in [0.05, 0.1) is 22.1 Å². The summed E-state index contributed by atoms with van der Waals surface area (Å²) in [5, 5.41) is 16.2. The minimum Gasteiger partial charge on any atom is -0.309 e. The number of para-hydroxylation sites is 2. The molecule has 0 aliphatic heterocycles. The molecular formula is C50H32N4S. The quantitative estimate of drug-likeness (QED) is 0.171. The number of aromatic nitrogens is 4. The Kier molecular flexibility index (Phi) is 7.32. The Labute approximate surface area is 321 Å². The van der Waals surface area contributed by atoms with Gasteiger partial charge in [-0.1, -0.05) is 157 Å². The number of hydrogen-bond acceptors (Lipinski definition) is 3. The minimum atomic E-state index is 0.892. The van der Waals surface area contributed by atoms with Gasteiger partial charge in [0, 0.05) is 44.0 Å². The predicted octanol–water partition coefficient (Wildman–Crippen LogP) is 13.4. The smallest absolute Gasteiger partial charge is 0.148 e. The van der Waals surface area contributed by atoms with E-state index in [4.69, 9.17) is 10.2 Å². The number of nitrogens with zero attached hydrogens (tertiary/aromatic N) is 4. The molecule has 3 heterocycles. The molecule has 0 spiro atoms. The van der Waals surface area contributed by atoms with E-state index in [-0.39, 0.29) is 0 Å². The molecule has 55 heavy (non-hydrogen) atoms. The molecule has 8 aromatic carbocycles. The molecule has 258 valence electrons. The second kappa shape index (κ2) is 12.8. The van der Waals surface area contributed by atoms with Crippen LogP contribution in [0.1, 0.15) is 0 Å². The van der Waals surface area contributed by atoms with Crippen molar-refractivity contribution in [1.82, 2.24) is 19.3 Å². The van der Waals surface area contributed by atoms with Crippen LogP contribution in [0.15, 0.2) is 194 Å². The molecule has 0 fully saturated rings. The first-order chi connectivity index (χ1) is 27.3. The molecular weight excluding hydrogens is 689 g/mol. The fourth-order valence-electron chi connectivity index (χ4n) is 8.13. The highest BCUT2D eigenvalue weighted by molar-refractivity contribution is 7.17. The van der Waals surface area contributed by atoms with Crippen LogP contribution in [0.3, 0.4) is 0 Å². The van der Waals surface area contributed by atoms with Crippen LogP contribution in [0.4, 0.5) is 0 Å². The van der Waals surface area contributed by atoms with Crippen molar-refractivity contribution < 1.29 is 0 Å². The third kappa shape index (κ3) is 5.28. The average Bonchev–Trinajstić information content (AvgIpc) is 3.97. The molecule has 11 rings (SSSR count). The van der Waals surface area contributed by atoms with Gasteiger partial charge in [-0.05, 0) is 70.8 Å². The highest BCUT2D eigenvalue weighted by Gasteiger charge is 2.18. The largest absolute Gasteiger partial charge is 0.309 e. The summed E-state index contributed by atoms with van der Waals surface area (Å²) in [5.41, 5.74) is 13.8. The highest BCUT2D eigenvalue weighted by Crippen LogP contribution is 2.40. The standard InChI is InChI=1S/C50H32N4S/c1-3-13-33(14-4-1)35-17-11-19-39(29-35)53-45-23-9-7-21-41(45)43-27-25-37(31-47(43)53)49-51-52-50(55-49)38-26-28-44-42-22-8-10-24-46(42)54(48(44)32-38)40-20-12-18-36(30-40)34-15-5-2-6-16-34/h1-32H. The molecule has 0 radical (unpaired) electrons. The van der Waals surface area contributed by atoms with Gasteiger partial charge in [0.15, 0.2) is 0 Å². The molecule has 11 aromatic rings. The zero-order chi connectivity index (χ0) is 36.3. The summed E-state index contributed by atoms with van der Waals surface area (Å²) in [5.74, 6) is 0. The second-order valence-electron chi connectivity index (χ2n) is 13.9. The lowest BCUT2D eigenvalue weighted by Crippen LogP contribution is -1.94. The summed E-state index contributed by atoms with van der Waals surface area (Å²) in [6, 6.07) is 69.5. The van der Waals surface area contributed by atoms with Gasteiger partial charge in [0.1, 0.15) is 10.0 Å². The molecule has 0 atom stereocenters. The first kappa shape index (κ1) is 31.4. The Balaban J connectivity index is 1.02. The van der Waals surface area contributed by atoms with Gasteiger partial charge < -0.3 is 9.13 Å². The van der Waals surface area contributed by atoms with E-state index in [0.29, 0.717) is 0 Å². The van der Waals surface area contributed by atoms with Gasteiger partial charge in [-0.25, -0.2) is 0 Å². The van der Waals surface area contributed by atoms with Crippen molar-refractivity contribution in [1.29, 1.82) is 0 Å². The lowest BCUT2D eigenvalue weighted by molar-refractivity contribution is 1.10. The van der Waals surface area contributed by atoms with Crippen LogP contribution >= 0.6 is 11.3 Å². The van der Waals surface area contributed by atoms with Crippen LogP contribution in [0.25, 0.3) is 98.4 Å². The molecule has 0 N–H and O–H groups in total. The zero-order valence-corrected chi connectivity index (χ0v) is 30.5. The van der Waals surface area contributed by atoms with E-state index in [1.54, 1.807) is 11.3 Å². The monoisotopic (exact) mass is 720 g/mol. The van der Waals surface area contributed by atoms with Gasteiger partial charge in [-0.2, -0.15) is 0 Å². The van der Waals surface area contributed by atoms with Crippen LogP contribution in [-0.4, -0.2) is 19.3 Å². The zero-order valence-electron chi connectivity index (χ0n) is 29.7. The Morgan fingerprint density at radius 3 is 1.16 bits per heavy atom. The molecule has 5 heteroatoms. The van der Waals surface area contributed by atoms with Crippen molar-refractivity contribution >= 4 is 54.9 Å². The van der Waals surface area contributed by atoms with Crippen LogP contribution in [0.5, 0.6) is 0 Å². The summed E-state index contributed by atoms with van der Waals surface area (Å²) in [6.45, 7) is 0. The molecule has 0 aliphatic rings. The van der Waals surface area contributed by atoms with E-state index >= 15 is 0 Å². The molecule has 3 aromatic heterocycles. The van der Waals surface area contributed by atoms with Gasteiger partial charge in [-0.3, -0.25) is 0 Å². The fraction of sp³-hybridized carbons (Fsp3) is 0. The normalized spacial score (nSPS) is 11.6. The van der Waals surface area contributed by atoms with Crippen molar-refractivity contribution in [3.63, 3.8) is 0 Å². The number of rotatable bonds is 6. The van der Waals surface area contributed by atoms with Gasteiger partial charge in [-0.15, -0.1) is 10.2 Å². The van der Waals surface area contributed by atoms with E-state index < -0.39 is 0 Å². The number of benzene rings is 8. The fourth-order valence-corrected chi connectivity index (χ4v) is 8.97. The van der Waals surface area contributed by atoms with Crippen LogP contribution < -0.4 is 0 Å². The third-order valence-electron chi connectivity index (χ3n) is 10.7. The van der Waals surface area contributed by atoms with E-state index in [0.717, 1.165) is 43.6 Å². The lowest BCUT2D eigenvalue weighted by atomic mass is 10.1. The average molecular weight is 721 g/mol. The maximum absolute atomic E-state index is 4.78. The van der Waals surface area contributed by atoms with Gasteiger partial charge in [0.25, 0.3) is 0 Å². The summed E-state index contributed by atoms with van der Waals surface area (Å²) in [7, 11) is 0.